The molecule has 1 amide bonds. The standard InChI is InChI=1S/C15H18N4O/c1-19-10-13(9-18-19)15(20)17-8-12-5-2-4-11-6-3-7-16-14(11)12/h2,4-5,9-10,16H,3,6-8H2,1H3,(H,17,20). The van der Waals surface area contributed by atoms with Crippen LogP contribution in [0.1, 0.15) is 27.9 Å². The summed E-state index contributed by atoms with van der Waals surface area (Å²) in [5.74, 6) is -0.0912. The average Bonchev–Trinajstić information content (AvgIpc) is 2.91. The lowest BCUT2D eigenvalue weighted by molar-refractivity contribution is 0.0951. The molecule has 0 unspecified atom stereocenters. The van der Waals surface area contributed by atoms with Crippen LogP contribution in [0.15, 0.2) is 30.6 Å². The molecule has 1 aliphatic heterocycles. The van der Waals surface area contributed by atoms with E-state index in [1.54, 1.807) is 24.1 Å². The fourth-order valence-corrected chi connectivity index (χ4v) is 2.54. The fourth-order valence-electron chi connectivity index (χ4n) is 2.54. The summed E-state index contributed by atoms with van der Waals surface area (Å²) in [6.07, 6.45) is 5.56. The van der Waals surface area contributed by atoms with E-state index in [-0.39, 0.29) is 5.91 Å². The highest BCUT2D eigenvalue weighted by Crippen LogP contribution is 2.25. The lowest BCUT2D eigenvalue weighted by atomic mass is 9.99. The van der Waals surface area contributed by atoms with Crippen molar-refractivity contribution in [2.24, 2.45) is 7.05 Å². The molecule has 0 aliphatic carbocycles. The van der Waals surface area contributed by atoms with Crippen LogP contribution < -0.4 is 10.6 Å². The summed E-state index contributed by atoms with van der Waals surface area (Å²) in [4.78, 5) is 12.0. The molecule has 0 fully saturated rings. The molecule has 5 heteroatoms. The Hall–Kier alpha value is -2.30. The van der Waals surface area contributed by atoms with Crippen LogP contribution in [0.25, 0.3) is 0 Å². The van der Waals surface area contributed by atoms with Gasteiger partial charge in [-0.25, -0.2) is 0 Å². The maximum atomic E-state index is 12.0. The Morgan fingerprint density at radius 2 is 2.40 bits per heavy atom. The van der Waals surface area contributed by atoms with E-state index >= 15 is 0 Å². The Kier molecular flexibility index (Phi) is 3.41. The number of aryl methyl sites for hydroxylation is 2. The Bertz CT molecular complexity index is 633. The van der Waals surface area contributed by atoms with Crippen molar-refractivity contribution in [1.29, 1.82) is 0 Å². The van der Waals surface area contributed by atoms with Crippen molar-refractivity contribution in [2.75, 3.05) is 11.9 Å². The van der Waals surface area contributed by atoms with Crippen LogP contribution in [0.4, 0.5) is 5.69 Å². The van der Waals surface area contributed by atoms with Gasteiger partial charge in [-0.05, 0) is 24.0 Å². The number of carbonyl (C=O) groups is 1. The van der Waals surface area contributed by atoms with Gasteiger partial charge in [-0.2, -0.15) is 5.10 Å². The van der Waals surface area contributed by atoms with Gasteiger partial charge in [0.1, 0.15) is 0 Å². The van der Waals surface area contributed by atoms with E-state index < -0.39 is 0 Å². The number of nitrogens with zero attached hydrogens (tertiary/aromatic N) is 2. The van der Waals surface area contributed by atoms with Crippen molar-refractivity contribution in [3.8, 4) is 0 Å². The van der Waals surface area contributed by atoms with Gasteiger partial charge in [0, 0.05) is 32.0 Å². The van der Waals surface area contributed by atoms with Gasteiger partial charge in [-0.3, -0.25) is 9.48 Å². The molecule has 1 aliphatic rings. The van der Waals surface area contributed by atoms with Crippen molar-refractivity contribution >= 4 is 11.6 Å². The Balaban J connectivity index is 1.71. The third-order valence-electron chi connectivity index (χ3n) is 3.57. The summed E-state index contributed by atoms with van der Waals surface area (Å²) in [5, 5.41) is 10.4. The predicted molar refractivity (Wildman–Crippen MR) is 77.6 cm³/mol. The van der Waals surface area contributed by atoms with Gasteiger partial charge in [-0.15, -0.1) is 0 Å². The number of benzene rings is 1. The lowest BCUT2D eigenvalue weighted by Crippen LogP contribution is -2.24. The zero-order valence-corrected chi connectivity index (χ0v) is 11.5. The molecule has 20 heavy (non-hydrogen) atoms. The Labute approximate surface area is 118 Å². The first-order chi connectivity index (χ1) is 9.74. The number of amides is 1. The highest BCUT2D eigenvalue weighted by atomic mass is 16.1. The molecule has 0 saturated carbocycles. The van der Waals surface area contributed by atoms with Crippen LogP contribution >= 0.6 is 0 Å². The Morgan fingerprint density at radius 1 is 1.50 bits per heavy atom. The van der Waals surface area contributed by atoms with Crippen LogP contribution in [0, 0.1) is 0 Å². The van der Waals surface area contributed by atoms with Gasteiger partial charge in [0.05, 0.1) is 11.8 Å². The zero-order chi connectivity index (χ0) is 13.9. The Morgan fingerprint density at radius 3 is 3.20 bits per heavy atom. The van der Waals surface area contributed by atoms with Crippen molar-refractivity contribution in [1.82, 2.24) is 15.1 Å². The van der Waals surface area contributed by atoms with Crippen molar-refractivity contribution in [3.05, 3.63) is 47.3 Å². The van der Waals surface area contributed by atoms with Crippen molar-refractivity contribution in [3.63, 3.8) is 0 Å². The van der Waals surface area contributed by atoms with E-state index in [1.807, 2.05) is 0 Å². The van der Waals surface area contributed by atoms with Gasteiger partial charge in [0.25, 0.3) is 5.91 Å². The minimum atomic E-state index is -0.0912. The molecular formula is C15H18N4O. The van der Waals surface area contributed by atoms with E-state index in [1.165, 1.54) is 17.7 Å². The molecule has 0 bridgehead atoms. The molecule has 1 aromatic carbocycles. The minimum Gasteiger partial charge on any atom is -0.385 e. The second-order valence-corrected chi connectivity index (χ2v) is 5.07. The number of hydrogen-bond acceptors (Lipinski definition) is 3. The minimum absolute atomic E-state index is 0.0912. The summed E-state index contributed by atoms with van der Waals surface area (Å²) in [7, 11) is 1.80. The molecule has 2 N–H and O–H groups in total. The third kappa shape index (κ3) is 2.52. The molecule has 2 heterocycles. The number of carbonyl (C=O) groups excluding carboxylic acids is 1. The first kappa shape index (κ1) is 12.7. The fraction of sp³-hybridized carbons (Fsp3) is 0.333. The van der Waals surface area contributed by atoms with E-state index in [9.17, 15) is 4.79 Å². The second kappa shape index (κ2) is 5.36. The van der Waals surface area contributed by atoms with Gasteiger partial charge >= 0.3 is 0 Å². The summed E-state index contributed by atoms with van der Waals surface area (Å²) in [5.41, 5.74) is 4.25. The first-order valence-corrected chi connectivity index (χ1v) is 6.85. The van der Waals surface area contributed by atoms with Crippen molar-refractivity contribution in [2.45, 2.75) is 19.4 Å². The third-order valence-corrected chi connectivity index (χ3v) is 3.57. The zero-order valence-electron chi connectivity index (χ0n) is 11.5. The summed E-state index contributed by atoms with van der Waals surface area (Å²) in [6, 6.07) is 6.26. The highest BCUT2D eigenvalue weighted by Gasteiger charge is 2.13. The van der Waals surface area contributed by atoms with Crippen LogP contribution in [-0.2, 0) is 20.0 Å². The molecule has 0 spiro atoms. The number of aromatic nitrogens is 2. The molecule has 0 radical (unpaired) electrons. The number of rotatable bonds is 3. The summed E-state index contributed by atoms with van der Waals surface area (Å²) < 4.78 is 1.63. The monoisotopic (exact) mass is 270 g/mol. The average molecular weight is 270 g/mol. The lowest BCUT2D eigenvalue weighted by Gasteiger charge is -2.21. The molecule has 5 nitrogen and oxygen atoms in total. The van der Waals surface area contributed by atoms with E-state index in [0.717, 1.165) is 18.5 Å². The quantitative estimate of drug-likeness (QED) is 0.892. The van der Waals surface area contributed by atoms with Gasteiger partial charge < -0.3 is 10.6 Å². The maximum absolute atomic E-state index is 12.0. The molecule has 2 aromatic rings. The smallest absolute Gasteiger partial charge is 0.254 e. The van der Waals surface area contributed by atoms with E-state index in [0.29, 0.717) is 12.1 Å². The van der Waals surface area contributed by atoms with Gasteiger partial charge in [0.15, 0.2) is 0 Å². The largest absolute Gasteiger partial charge is 0.385 e. The molecular weight excluding hydrogens is 252 g/mol. The normalized spacial score (nSPS) is 13.4. The highest BCUT2D eigenvalue weighted by molar-refractivity contribution is 5.93. The van der Waals surface area contributed by atoms with E-state index in [4.69, 9.17) is 0 Å². The number of nitrogens with one attached hydrogen (secondary N) is 2. The summed E-state index contributed by atoms with van der Waals surface area (Å²) >= 11 is 0. The SMILES string of the molecule is Cn1cc(C(=O)NCc2cccc3c2NCCC3)cn1. The molecule has 104 valence electrons. The maximum Gasteiger partial charge on any atom is 0.254 e. The topological polar surface area (TPSA) is 59.0 Å². The number of para-hydroxylation sites is 1. The number of fused-ring (bicyclic) bond motifs is 1. The molecule has 0 atom stereocenters. The first-order valence-electron chi connectivity index (χ1n) is 6.85. The molecule has 0 saturated heterocycles. The number of hydrogen-bond donors (Lipinski definition) is 2. The summed E-state index contributed by atoms with van der Waals surface area (Å²) in [6.45, 7) is 1.53. The second-order valence-electron chi connectivity index (χ2n) is 5.07. The number of anilines is 1. The van der Waals surface area contributed by atoms with Crippen LogP contribution in [-0.4, -0.2) is 22.2 Å². The van der Waals surface area contributed by atoms with Crippen LogP contribution in [0.2, 0.25) is 0 Å². The van der Waals surface area contributed by atoms with Crippen LogP contribution in [0.5, 0.6) is 0 Å². The van der Waals surface area contributed by atoms with Crippen LogP contribution in [0.3, 0.4) is 0 Å². The molecule has 3 rings (SSSR count). The van der Waals surface area contributed by atoms with Crippen molar-refractivity contribution < 1.29 is 4.79 Å². The predicted octanol–water partition coefficient (Wildman–Crippen LogP) is 1.71. The van der Waals surface area contributed by atoms with E-state index in [2.05, 4.69) is 33.9 Å². The van der Waals surface area contributed by atoms with Gasteiger partial charge in [-0.1, -0.05) is 18.2 Å². The van der Waals surface area contributed by atoms with Gasteiger partial charge in [0.2, 0.25) is 0 Å². The molecule has 1 aromatic heterocycles.